The van der Waals surface area contributed by atoms with Gasteiger partial charge in [-0.25, -0.2) is 0 Å². The molecule has 0 saturated heterocycles. The zero-order valence-electron chi connectivity index (χ0n) is 81.5. The van der Waals surface area contributed by atoms with Gasteiger partial charge in [0.2, 0.25) is 0 Å². The lowest BCUT2D eigenvalue weighted by atomic mass is 9.83. The van der Waals surface area contributed by atoms with E-state index in [4.69, 9.17) is 4.98 Å². The molecule has 6 heterocycles. The van der Waals surface area contributed by atoms with E-state index in [1.165, 1.54) is 220 Å². The van der Waals surface area contributed by atoms with Gasteiger partial charge in [0.25, 0.3) is 0 Å². The molecule has 696 valence electrons. The average molecular weight is 1900 g/mol. The first kappa shape index (κ1) is 87.3. The Morgan fingerprint density at radius 2 is 0.530 bits per heavy atom. The molecule has 149 heavy (non-hydrogen) atoms. The van der Waals surface area contributed by atoms with Gasteiger partial charge in [-0.3, -0.25) is 15.0 Å². The maximum Gasteiger partial charge on any atom is 0.0802 e. The fourth-order valence-corrected chi connectivity index (χ4v) is 24.1. The van der Waals surface area contributed by atoms with Crippen LogP contribution in [0.5, 0.6) is 0 Å². The highest BCUT2D eigenvalue weighted by molar-refractivity contribution is 6.27. The molecule has 1 aliphatic heterocycles. The molecule has 0 saturated carbocycles. The van der Waals surface area contributed by atoms with Crippen LogP contribution in [-0.2, 0) is 0 Å². The smallest absolute Gasteiger partial charge is 0.0802 e. The number of anilines is 2. The van der Waals surface area contributed by atoms with Crippen molar-refractivity contribution < 1.29 is 0 Å². The van der Waals surface area contributed by atoms with Crippen LogP contribution in [0.3, 0.4) is 0 Å². The quantitative estimate of drug-likeness (QED) is 0.108. The fourth-order valence-electron chi connectivity index (χ4n) is 24.1. The summed E-state index contributed by atoms with van der Waals surface area (Å²) in [6, 6.07) is 185. The molecule has 5 aromatic heterocycles. The maximum absolute atomic E-state index is 4.98. The van der Waals surface area contributed by atoms with Crippen LogP contribution in [0.1, 0.15) is 17.0 Å². The second-order valence-corrected chi connectivity index (χ2v) is 39.0. The molecule has 0 bridgehead atoms. The van der Waals surface area contributed by atoms with Crippen molar-refractivity contribution in [3.63, 3.8) is 0 Å². The van der Waals surface area contributed by atoms with Crippen molar-refractivity contribution in [3.8, 4) is 112 Å². The van der Waals surface area contributed by atoms with Gasteiger partial charge in [-0.1, -0.05) is 419 Å². The Hall–Kier alpha value is -19.5. The number of nitrogens with zero attached hydrogens (tertiary/aromatic N) is 6. The Balaban J connectivity index is 0.000000108. The van der Waals surface area contributed by atoms with Crippen molar-refractivity contribution in [2.75, 3.05) is 4.90 Å². The number of rotatable bonds is 13. The fraction of sp³-hybridized carbons (Fsp3) is 0.0140. The SMILES string of the molecule is C1=CC2C(C=C1c1ccc3c(-c4ccccc4)c4ccccc4c(-c4ccccc4)c3c1)c1cnccc1N2c1ccccc1.c1ccc(-c2c3ccccc3c(-c3ccccc3)c3cc(-c4ccc5c(c4)c4c(-c6ccccc6)nccc4n5-c4ccccc4)ccc23)cc1.c1ccc(-n2c3ccncc3c3cc(-c4ccc5c(-c6ccc7ccccc7c6)c6ccccc6c(-c6ccc7ccccc7c6)c5c4)ccc32)cc1. The van der Waals surface area contributed by atoms with E-state index < -0.39 is 0 Å². The molecule has 0 spiro atoms. The summed E-state index contributed by atoms with van der Waals surface area (Å²) in [6.45, 7) is 0. The number of hydrogen-bond donors (Lipinski definition) is 0. The highest BCUT2D eigenvalue weighted by atomic mass is 15.2. The van der Waals surface area contributed by atoms with E-state index in [-0.39, 0.29) is 12.0 Å². The lowest BCUT2D eigenvalue weighted by Gasteiger charge is -2.29. The minimum absolute atomic E-state index is 0.212. The Labute approximate surface area is 863 Å². The molecular formula is C143H94N6. The number of pyridine rings is 3. The summed E-state index contributed by atoms with van der Waals surface area (Å²) in [5, 5.41) is 24.8. The highest BCUT2D eigenvalue weighted by Gasteiger charge is 2.39. The van der Waals surface area contributed by atoms with Crippen LogP contribution in [0.25, 0.3) is 247 Å². The van der Waals surface area contributed by atoms with Gasteiger partial charge in [0.05, 0.1) is 33.8 Å². The van der Waals surface area contributed by atoms with E-state index in [9.17, 15) is 0 Å². The van der Waals surface area contributed by atoms with Crippen LogP contribution >= 0.6 is 0 Å². The Morgan fingerprint density at radius 1 is 0.201 bits per heavy atom. The molecule has 6 nitrogen and oxygen atoms in total. The van der Waals surface area contributed by atoms with E-state index in [1.54, 1.807) is 0 Å². The van der Waals surface area contributed by atoms with Crippen LogP contribution in [-0.4, -0.2) is 30.1 Å². The summed E-state index contributed by atoms with van der Waals surface area (Å²) in [6.07, 6.45) is 16.9. The summed E-state index contributed by atoms with van der Waals surface area (Å²) < 4.78 is 4.71. The minimum atomic E-state index is 0.212. The molecule has 30 rings (SSSR count). The largest absolute Gasteiger partial charge is 0.333 e. The molecular weight excluding hydrogens is 1800 g/mol. The molecule has 0 amide bonds. The number of benzene rings is 23. The van der Waals surface area contributed by atoms with Crippen LogP contribution in [0.2, 0.25) is 0 Å². The summed E-state index contributed by atoms with van der Waals surface area (Å²) in [5.74, 6) is 0.217. The van der Waals surface area contributed by atoms with E-state index in [1.807, 2.05) is 24.8 Å². The van der Waals surface area contributed by atoms with Gasteiger partial charge >= 0.3 is 0 Å². The van der Waals surface area contributed by atoms with E-state index in [0.717, 1.165) is 50.0 Å². The molecule has 0 radical (unpaired) electrons. The minimum Gasteiger partial charge on any atom is -0.333 e. The van der Waals surface area contributed by atoms with Gasteiger partial charge in [0.1, 0.15) is 0 Å². The third kappa shape index (κ3) is 15.2. The maximum atomic E-state index is 4.98. The predicted molar refractivity (Wildman–Crippen MR) is 629 cm³/mol. The lowest BCUT2D eigenvalue weighted by Crippen LogP contribution is -2.28. The predicted octanol–water partition coefficient (Wildman–Crippen LogP) is 37.9. The molecule has 0 N–H and O–H groups in total. The second-order valence-electron chi connectivity index (χ2n) is 39.0. The molecule has 2 atom stereocenters. The van der Waals surface area contributed by atoms with Gasteiger partial charge in [-0.2, -0.15) is 0 Å². The van der Waals surface area contributed by atoms with Gasteiger partial charge in [0.15, 0.2) is 0 Å². The highest BCUT2D eigenvalue weighted by Crippen LogP contribution is 2.54. The summed E-state index contributed by atoms with van der Waals surface area (Å²) >= 11 is 0. The van der Waals surface area contributed by atoms with Crippen molar-refractivity contribution in [1.29, 1.82) is 0 Å². The number of aromatic nitrogens is 5. The number of allylic oxidation sites excluding steroid dienone is 2. The zero-order valence-corrected chi connectivity index (χ0v) is 81.5. The molecule has 2 unspecified atom stereocenters. The van der Waals surface area contributed by atoms with Crippen molar-refractivity contribution in [2.24, 2.45) is 0 Å². The monoisotopic (exact) mass is 1890 g/mol. The first-order valence-corrected chi connectivity index (χ1v) is 51.3. The van der Waals surface area contributed by atoms with E-state index >= 15 is 0 Å². The summed E-state index contributed by atoms with van der Waals surface area (Å²) in [5.41, 5.74) is 34.9. The molecule has 1 aliphatic carbocycles. The zero-order chi connectivity index (χ0) is 98.4. The van der Waals surface area contributed by atoms with E-state index in [0.29, 0.717) is 0 Å². The first-order chi connectivity index (χ1) is 74.0. The topological polar surface area (TPSA) is 51.8 Å². The van der Waals surface area contributed by atoms with Gasteiger partial charge in [0, 0.05) is 92.3 Å². The summed E-state index contributed by atoms with van der Waals surface area (Å²) in [4.78, 5) is 16.5. The Kier molecular flexibility index (Phi) is 21.7. The van der Waals surface area contributed by atoms with Crippen molar-refractivity contribution in [3.05, 3.63) is 570 Å². The van der Waals surface area contributed by atoms with Gasteiger partial charge < -0.3 is 14.0 Å². The number of para-hydroxylation sites is 3. The number of hydrogen-bond acceptors (Lipinski definition) is 4. The summed E-state index contributed by atoms with van der Waals surface area (Å²) in [7, 11) is 0. The normalized spacial score (nSPS) is 13.2. The molecule has 23 aromatic carbocycles. The van der Waals surface area contributed by atoms with Crippen molar-refractivity contribution in [1.82, 2.24) is 24.1 Å². The lowest BCUT2D eigenvalue weighted by molar-refractivity contribution is 0.746. The van der Waals surface area contributed by atoms with Gasteiger partial charge in [-0.05, 0) is 296 Å². The van der Waals surface area contributed by atoms with Crippen LogP contribution < -0.4 is 4.90 Å². The molecule has 2 aliphatic rings. The Morgan fingerprint density at radius 3 is 1.01 bits per heavy atom. The number of fused-ring (bicyclic) bond motifs is 17. The molecule has 28 aromatic rings. The standard InChI is InChI=1S/C51H32N2.C49H32N2.C43H30N2/c1-2-14-41(15-3-1)53-48-25-23-38(30-45(48)47-32-52-27-26-49(47)53)37-22-24-44-46(31-37)51(40-21-19-34-11-5-7-13-36(34)29-40)43-17-9-8-16-42(43)50(44)39-20-18-33-10-4-6-12-35(33)28-39;1-5-15-33(16-6-1)46-39-23-13-14-24-40(39)47(34-17-7-2-8-18-34)42-31-36(25-27-41(42)46)37-26-28-44-43(32-37)48-45(51(44)38-21-11-4-12-22-38)29-30-50-49(48)35-19-9-3-10-20-35;1-4-12-29(13-5-1)42-34-18-10-11-19-35(34)43(30-14-6-2-7-15-30)38-27-31(20-22-36(38)42)32-21-23-40-37(26-32)39-28-44-25-24-41(39)45(40)33-16-8-3-9-17-33/h1-32H;1-32H;1-28,37,40H. The van der Waals surface area contributed by atoms with Gasteiger partial charge in [-0.15, -0.1) is 0 Å². The molecule has 0 fully saturated rings. The van der Waals surface area contributed by atoms with Crippen LogP contribution in [0, 0.1) is 0 Å². The third-order valence-corrected chi connectivity index (χ3v) is 30.7. The van der Waals surface area contributed by atoms with E-state index in [2.05, 4.69) is 558 Å². The first-order valence-electron chi connectivity index (χ1n) is 51.3. The molecule has 6 heteroatoms. The van der Waals surface area contributed by atoms with Crippen LogP contribution in [0.15, 0.2) is 559 Å². The second kappa shape index (κ2) is 37.0. The Bertz CT molecular complexity index is 10200. The average Bonchev–Trinajstić information content (AvgIpc) is 0.808. The van der Waals surface area contributed by atoms with Crippen molar-refractivity contribution >= 4 is 147 Å². The van der Waals surface area contributed by atoms with Crippen molar-refractivity contribution in [2.45, 2.75) is 12.0 Å². The third-order valence-electron chi connectivity index (χ3n) is 30.7. The van der Waals surface area contributed by atoms with Crippen LogP contribution in [0.4, 0.5) is 11.4 Å².